The number of aryl methyl sites for hydroxylation is 2. The first-order chi connectivity index (χ1) is 11.8. The molecule has 5 heteroatoms. The molecule has 2 heterocycles. The molecule has 0 saturated carbocycles. The van der Waals surface area contributed by atoms with E-state index in [0.717, 1.165) is 44.4 Å². The van der Waals surface area contributed by atoms with Crippen LogP contribution in [0.15, 0.2) is 30.6 Å². The molecule has 1 aliphatic heterocycles. The fraction of sp³-hybridized carbons (Fsp3) is 0.474. The van der Waals surface area contributed by atoms with Crippen LogP contribution in [-0.2, 0) is 17.7 Å². The molecule has 1 fully saturated rings. The fourth-order valence-corrected chi connectivity index (χ4v) is 3.57. The van der Waals surface area contributed by atoms with Crippen molar-refractivity contribution >= 4 is 5.95 Å². The van der Waals surface area contributed by atoms with Crippen molar-refractivity contribution in [3.63, 3.8) is 0 Å². The van der Waals surface area contributed by atoms with E-state index in [4.69, 9.17) is 4.74 Å². The number of rotatable bonds is 4. The smallest absolute Gasteiger partial charge is 0.225 e. The minimum Gasteiger partial charge on any atom is -0.378 e. The van der Waals surface area contributed by atoms with Crippen LogP contribution in [0.5, 0.6) is 0 Å². The Labute approximate surface area is 143 Å². The zero-order valence-corrected chi connectivity index (χ0v) is 14.2. The molecule has 4 rings (SSSR count). The largest absolute Gasteiger partial charge is 0.378 e. The predicted molar refractivity (Wildman–Crippen MR) is 94.1 cm³/mol. The zero-order valence-electron chi connectivity index (χ0n) is 14.2. The topological polar surface area (TPSA) is 50.3 Å². The first kappa shape index (κ1) is 15.5. The van der Waals surface area contributed by atoms with Gasteiger partial charge in [0.15, 0.2) is 0 Å². The van der Waals surface area contributed by atoms with Crippen LogP contribution in [-0.4, -0.2) is 36.3 Å². The van der Waals surface area contributed by atoms with Crippen molar-refractivity contribution in [1.29, 1.82) is 0 Å². The Morgan fingerprint density at radius 3 is 2.79 bits per heavy atom. The molecular weight excluding hydrogens is 300 g/mol. The average Bonchev–Trinajstić information content (AvgIpc) is 3.03. The summed E-state index contributed by atoms with van der Waals surface area (Å²) in [5, 5.41) is 3.66. The summed E-state index contributed by atoms with van der Waals surface area (Å²) in [6.45, 7) is 6.22. The van der Waals surface area contributed by atoms with Gasteiger partial charge in [0.2, 0.25) is 5.95 Å². The maximum absolute atomic E-state index is 5.37. The molecule has 0 amide bonds. The van der Waals surface area contributed by atoms with Gasteiger partial charge in [0.05, 0.1) is 13.2 Å². The van der Waals surface area contributed by atoms with Crippen LogP contribution in [0, 0.1) is 6.92 Å². The summed E-state index contributed by atoms with van der Waals surface area (Å²) >= 11 is 0. The van der Waals surface area contributed by atoms with E-state index in [1.807, 2.05) is 12.4 Å². The minimum atomic E-state index is 0.444. The number of aromatic nitrogens is 2. The third kappa shape index (κ3) is 3.28. The summed E-state index contributed by atoms with van der Waals surface area (Å²) in [4.78, 5) is 11.2. The first-order valence-electron chi connectivity index (χ1n) is 8.76. The van der Waals surface area contributed by atoms with E-state index >= 15 is 0 Å². The van der Waals surface area contributed by atoms with E-state index in [1.165, 1.54) is 29.5 Å². The van der Waals surface area contributed by atoms with Gasteiger partial charge in [-0.05, 0) is 30.9 Å². The number of nitrogens with one attached hydrogen (secondary N) is 1. The second kappa shape index (κ2) is 6.87. The summed E-state index contributed by atoms with van der Waals surface area (Å²) in [6, 6.07) is 7.24. The number of morpholine rings is 1. The van der Waals surface area contributed by atoms with Crippen molar-refractivity contribution in [2.45, 2.75) is 32.4 Å². The van der Waals surface area contributed by atoms with Crippen LogP contribution in [0.1, 0.15) is 34.7 Å². The van der Waals surface area contributed by atoms with Crippen molar-refractivity contribution in [3.8, 4) is 0 Å². The van der Waals surface area contributed by atoms with Crippen LogP contribution >= 0.6 is 0 Å². The molecule has 1 aliphatic carbocycles. The van der Waals surface area contributed by atoms with E-state index in [0.29, 0.717) is 6.04 Å². The van der Waals surface area contributed by atoms with Gasteiger partial charge in [-0.15, -0.1) is 0 Å². The molecule has 0 radical (unpaired) electrons. The lowest BCUT2D eigenvalue weighted by atomic mass is 10.1. The van der Waals surface area contributed by atoms with Gasteiger partial charge in [0, 0.05) is 43.6 Å². The molecule has 24 heavy (non-hydrogen) atoms. The predicted octanol–water partition coefficient (Wildman–Crippen LogP) is 2.40. The van der Waals surface area contributed by atoms with Gasteiger partial charge in [0.1, 0.15) is 0 Å². The molecule has 1 aromatic carbocycles. The van der Waals surface area contributed by atoms with Gasteiger partial charge in [-0.3, -0.25) is 0 Å². The van der Waals surface area contributed by atoms with Crippen molar-refractivity contribution in [1.82, 2.24) is 15.3 Å². The van der Waals surface area contributed by atoms with Crippen LogP contribution in [0.4, 0.5) is 5.95 Å². The summed E-state index contributed by atoms with van der Waals surface area (Å²) < 4.78 is 5.37. The van der Waals surface area contributed by atoms with Gasteiger partial charge in [-0.2, -0.15) is 0 Å². The Balaban J connectivity index is 1.37. The first-order valence-corrected chi connectivity index (χ1v) is 8.76. The molecule has 5 nitrogen and oxygen atoms in total. The summed E-state index contributed by atoms with van der Waals surface area (Å²) in [7, 11) is 0. The van der Waals surface area contributed by atoms with E-state index in [1.54, 1.807) is 0 Å². The molecule has 0 spiro atoms. The highest BCUT2D eigenvalue weighted by Crippen LogP contribution is 2.31. The number of nitrogens with zero attached hydrogens (tertiary/aromatic N) is 3. The zero-order chi connectivity index (χ0) is 16.4. The van der Waals surface area contributed by atoms with Gasteiger partial charge < -0.3 is 15.0 Å². The number of hydrogen-bond donors (Lipinski definition) is 1. The Bertz CT molecular complexity index is 695. The van der Waals surface area contributed by atoms with E-state index in [-0.39, 0.29) is 0 Å². The van der Waals surface area contributed by atoms with Crippen LogP contribution in [0.3, 0.4) is 0 Å². The van der Waals surface area contributed by atoms with Gasteiger partial charge in [-0.1, -0.05) is 23.8 Å². The third-order valence-electron chi connectivity index (χ3n) is 4.91. The standard InChI is InChI=1S/C19H24N4O/c1-14-2-4-17-16(10-14)3-5-18(17)20-11-15-12-21-19(22-13-15)23-6-8-24-9-7-23/h2,4,10,12-13,18,20H,3,5-9,11H2,1H3. The highest BCUT2D eigenvalue weighted by atomic mass is 16.5. The minimum absolute atomic E-state index is 0.444. The SMILES string of the molecule is Cc1ccc2c(c1)CCC2NCc1cnc(N2CCOCC2)nc1. The second-order valence-electron chi connectivity index (χ2n) is 6.67. The monoisotopic (exact) mass is 324 g/mol. The molecule has 0 bridgehead atoms. The summed E-state index contributed by atoms with van der Waals surface area (Å²) in [6.07, 6.45) is 6.22. The van der Waals surface area contributed by atoms with Crippen molar-refractivity contribution in [2.75, 3.05) is 31.2 Å². The molecule has 1 unspecified atom stereocenters. The number of anilines is 1. The highest BCUT2D eigenvalue weighted by molar-refractivity contribution is 5.37. The van der Waals surface area contributed by atoms with E-state index in [2.05, 4.69) is 45.3 Å². The maximum Gasteiger partial charge on any atom is 0.225 e. The van der Waals surface area contributed by atoms with Gasteiger partial charge >= 0.3 is 0 Å². The number of ether oxygens (including phenoxy) is 1. The van der Waals surface area contributed by atoms with Crippen LogP contribution in [0.2, 0.25) is 0 Å². The normalized spacial score (nSPS) is 20.2. The lowest BCUT2D eigenvalue weighted by Crippen LogP contribution is -2.37. The van der Waals surface area contributed by atoms with Crippen LogP contribution in [0.25, 0.3) is 0 Å². The van der Waals surface area contributed by atoms with E-state index < -0.39 is 0 Å². The molecule has 2 aromatic rings. The molecule has 126 valence electrons. The highest BCUT2D eigenvalue weighted by Gasteiger charge is 2.21. The van der Waals surface area contributed by atoms with Crippen LogP contribution < -0.4 is 10.2 Å². The molecular formula is C19H24N4O. The number of benzene rings is 1. The molecule has 1 N–H and O–H groups in total. The maximum atomic E-state index is 5.37. The van der Waals surface area contributed by atoms with Crippen molar-refractivity contribution < 1.29 is 4.74 Å². The summed E-state index contributed by atoms with van der Waals surface area (Å²) in [5.74, 6) is 0.809. The van der Waals surface area contributed by atoms with Gasteiger partial charge in [0.25, 0.3) is 0 Å². The molecule has 1 saturated heterocycles. The lowest BCUT2D eigenvalue weighted by molar-refractivity contribution is 0.122. The number of hydrogen-bond acceptors (Lipinski definition) is 5. The fourth-order valence-electron chi connectivity index (χ4n) is 3.57. The molecule has 2 aliphatic rings. The van der Waals surface area contributed by atoms with Crippen molar-refractivity contribution in [2.24, 2.45) is 0 Å². The Morgan fingerprint density at radius 1 is 1.21 bits per heavy atom. The van der Waals surface area contributed by atoms with E-state index in [9.17, 15) is 0 Å². The molecule has 1 atom stereocenters. The number of fused-ring (bicyclic) bond motifs is 1. The molecule has 1 aromatic heterocycles. The third-order valence-corrected chi connectivity index (χ3v) is 4.91. The van der Waals surface area contributed by atoms with Gasteiger partial charge in [-0.25, -0.2) is 9.97 Å². The average molecular weight is 324 g/mol. The summed E-state index contributed by atoms with van der Waals surface area (Å²) in [5.41, 5.74) is 5.42. The quantitative estimate of drug-likeness (QED) is 0.936. The Morgan fingerprint density at radius 2 is 2.00 bits per heavy atom. The Kier molecular flexibility index (Phi) is 4.45. The Hall–Kier alpha value is -1.98. The second-order valence-corrected chi connectivity index (χ2v) is 6.67. The van der Waals surface area contributed by atoms with Crippen molar-refractivity contribution in [3.05, 3.63) is 52.8 Å². The lowest BCUT2D eigenvalue weighted by Gasteiger charge is -2.26.